The Kier molecular flexibility index (Phi) is 24.2. The zero-order chi connectivity index (χ0) is 40.0. The minimum atomic E-state index is -1.56. The zero-order valence-corrected chi connectivity index (χ0v) is 31.2. The van der Waals surface area contributed by atoms with Gasteiger partial charge in [0.2, 0.25) is 5.91 Å². The summed E-state index contributed by atoms with van der Waals surface area (Å²) in [6.45, 7) is 8.62. The van der Waals surface area contributed by atoms with Crippen LogP contribution in [0.2, 0.25) is 0 Å². The average Bonchev–Trinajstić information content (AvgIpc) is 3.02. The number of nitrogens with one attached hydrogen (secondary N) is 1. The number of rotatable bonds is 30. The number of hydrogen-bond donors (Lipinski definition) is 7. The van der Waals surface area contributed by atoms with Crippen molar-refractivity contribution in [2.75, 3.05) is 0 Å². The number of carboxylic acid groups (broad SMARTS) is 4. The van der Waals surface area contributed by atoms with Crippen LogP contribution in [-0.2, 0) is 43.0 Å². The number of amides is 1. The van der Waals surface area contributed by atoms with Crippen molar-refractivity contribution in [3.8, 4) is 0 Å². The lowest BCUT2D eigenvalue weighted by Gasteiger charge is -2.33. The van der Waals surface area contributed by atoms with Gasteiger partial charge in [0.15, 0.2) is 0 Å². The Labute approximate surface area is 305 Å². The molecule has 52 heavy (non-hydrogen) atoms. The van der Waals surface area contributed by atoms with E-state index in [1.54, 1.807) is 13.8 Å². The molecular weight excluding hydrogens is 686 g/mol. The number of ether oxygens (including phenoxy) is 2. The fraction of sp³-hybridized carbons (Fsp3) is 0.806. The summed E-state index contributed by atoms with van der Waals surface area (Å²) in [5.41, 5.74) is 0. The van der Waals surface area contributed by atoms with Gasteiger partial charge in [-0.15, -0.1) is 0 Å². The van der Waals surface area contributed by atoms with Crippen molar-refractivity contribution in [2.24, 2.45) is 23.7 Å². The summed E-state index contributed by atoms with van der Waals surface area (Å²) in [5, 5.41) is 60.2. The van der Waals surface area contributed by atoms with Gasteiger partial charge in [-0.2, -0.15) is 0 Å². The summed E-state index contributed by atoms with van der Waals surface area (Å²) >= 11 is 0. The molecule has 9 unspecified atom stereocenters. The molecule has 0 rings (SSSR count). The van der Waals surface area contributed by atoms with Crippen LogP contribution in [0.3, 0.4) is 0 Å². The molecule has 9 atom stereocenters. The molecule has 0 aromatic heterocycles. The molecular formula is C36H61NO15. The number of aliphatic hydroxyl groups excluding tert-OH is 2. The molecule has 0 spiro atoms. The van der Waals surface area contributed by atoms with E-state index in [2.05, 4.69) is 5.32 Å². The summed E-state index contributed by atoms with van der Waals surface area (Å²) in [5.74, 6) is -11.7. The summed E-state index contributed by atoms with van der Waals surface area (Å²) < 4.78 is 11.5. The fourth-order valence-corrected chi connectivity index (χ4v) is 5.99. The maximum absolute atomic E-state index is 13.1. The predicted octanol–water partition coefficient (Wildman–Crippen LogP) is 3.77. The molecule has 0 fully saturated rings. The van der Waals surface area contributed by atoms with E-state index < -0.39 is 110 Å². The van der Waals surface area contributed by atoms with Gasteiger partial charge in [-0.25, -0.2) is 0 Å². The van der Waals surface area contributed by atoms with Crippen LogP contribution in [-0.4, -0.2) is 103 Å². The normalized spacial score (nSPS) is 16.5. The standard InChI is InChI=1S/C36H61NO15/c1-6-7-13-22(3)34(52-33(46)19-26(36(49)50)17-31(43)44)29(51-32(45)18-25(35(47)48)16-30(41)42)15-21(2)12-10-8-9-11-14-27(39)20-28(40)23(4)37-24(5)38/h21-23,25-29,34,39-40H,6-20H2,1-5H3,(H,37,38)(H,41,42)(H,43,44)(H,47,48)(H,49,50). The average molecular weight is 748 g/mol. The van der Waals surface area contributed by atoms with Crippen molar-refractivity contribution in [3.05, 3.63) is 0 Å². The van der Waals surface area contributed by atoms with Crippen LogP contribution in [0.15, 0.2) is 0 Å². The number of esters is 2. The lowest BCUT2D eigenvalue weighted by atomic mass is 9.87. The summed E-state index contributed by atoms with van der Waals surface area (Å²) in [6, 6.07) is -0.489. The number of aliphatic hydroxyl groups is 2. The van der Waals surface area contributed by atoms with Crippen molar-refractivity contribution < 1.29 is 73.7 Å². The minimum absolute atomic E-state index is 0.110. The SMILES string of the molecule is CCCCC(C)C(OC(=O)CC(CC(=O)O)C(=O)O)C(CC(C)CCCCCCC(O)CC(O)C(C)NC(C)=O)OC(=O)CC(CC(=O)O)C(=O)O. The van der Waals surface area contributed by atoms with Crippen LogP contribution in [0.4, 0.5) is 0 Å². The number of aliphatic carboxylic acids is 4. The van der Waals surface area contributed by atoms with Gasteiger partial charge in [-0.3, -0.25) is 33.6 Å². The maximum atomic E-state index is 13.1. The summed E-state index contributed by atoms with van der Waals surface area (Å²) in [4.78, 5) is 82.9. The summed E-state index contributed by atoms with van der Waals surface area (Å²) in [7, 11) is 0. The molecule has 0 aliphatic rings. The monoisotopic (exact) mass is 747 g/mol. The van der Waals surface area contributed by atoms with Gasteiger partial charge in [0, 0.05) is 13.3 Å². The molecule has 0 aliphatic heterocycles. The predicted molar refractivity (Wildman–Crippen MR) is 186 cm³/mol. The van der Waals surface area contributed by atoms with E-state index in [4.69, 9.17) is 19.7 Å². The first-order valence-electron chi connectivity index (χ1n) is 18.2. The second-order valence-corrected chi connectivity index (χ2v) is 14.1. The van der Waals surface area contributed by atoms with Crippen LogP contribution in [0.5, 0.6) is 0 Å². The van der Waals surface area contributed by atoms with Gasteiger partial charge in [0.25, 0.3) is 0 Å². The van der Waals surface area contributed by atoms with E-state index in [0.29, 0.717) is 32.1 Å². The van der Waals surface area contributed by atoms with Crippen molar-refractivity contribution in [1.82, 2.24) is 5.32 Å². The first-order valence-corrected chi connectivity index (χ1v) is 18.2. The van der Waals surface area contributed by atoms with E-state index in [0.717, 1.165) is 25.7 Å². The number of carbonyl (C=O) groups is 7. The molecule has 1 amide bonds. The molecule has 0 aromatic rings. The summed E-state index contributed by atoms with van der Waals surface area (Å²) in [6.07, 6.45) is -0.416. The molecule has 0 radical (unpaired) electrons. The van der Waals surface area contributed by atoms with Crippen LogP contribution in [0.1, 0.15) is 131 Å². The molecule has 7 N–H and O–H groups in total. The quantitative estimate of drug-likeness (QED) is 0.0407. The molecule has 0 saturated heterocycles. The Morgan fingerprint density at radius 2 is 1.13 bits per heavy atom. The third-order valence-corrected chi connectivity index (χ3v) is 9.00. The minimum Gasteiger partial charge on any atom is -0.481 e. The first kappa shape index (κ1) is 48.2. The number of carbonyl (C=O) groups excluding carboxylic acids is 3. The Hall–Kier alpha value is -3.79. The molecule has 16 heteroatoms. The van der Waals surface area contributed by atoms with E-state index in [-0.39, 0.29) is 24.7 Å². The van der Waals surface area contributed by atoms with Gasteiger partial charge in [0.05, 0.1) is 55.8 Å². The van der Waals surface area contributed by atoms with Crippen LogP contribution < -0.4 is 5.32 Å². The van der Waals surface area contributed by atoms with E-state index in [1.807, 2.05) is 13.8 Å². The van der Waals surface area contributed by atoms with Gasteiger partial charge in [-0.05, 0) is 38.0 Å². The second-order valence-electron chi connectivity index (χ2n) is 14.1. The maximum Gasteiger partial charge on any atom is 0.307 e. The molecule has 0 aromatic carbocycles. The smallest absolute Gasteiger partial charge is 0.307 e. The van der Waals surface area contributed by atoms with Crippen LogP contribution >= 0.6 is 0 Å². The first-order chi connectivity index (χ1) is 24.3. The number of hydrogen-bond acceptors (Lipinski definition) is 11. The Bertz CT molecular complexity index is 1140. The van der Waals surface area contributed by atoms with Crippen molar-refractivity contribution in [2.45, 2.75) is 161 Å². The van der Waals surface area contributed by atoms with Crippen molar-refractivity contribution >= 4 is 41.7 Å². The van der Waals surface area contributed by atoms with Gasteiger partial charge < -0.3 is 45.4 Å². The molecule has 0 bridgehead atoms. The Morgan fingerprint density at radius 1 is 0.635 bits per heavy atom. The third kappa shape index (κ3) is 22.2. The highest BCUT2D eigenvalue weighted by atomic mass is 16.6. The molecule has 0 heterocycles. The lowest BCUT2D eigenvalue weighted by Crippen LogP contribution is -2.42. The lowest BCUT2D eigenvalue weighted by molar-refractivity contribution is -0.177. The van der Waals surface area contributed by atoms with Gasteiger partial charge in [-0.1, -0.05) is 65.7 Å². The molecule has 0 aliphatic carbocycles. The topological polar surface area (TPSA) is 271 Å². The molecule has 16 nitrogen and oxygen atoms in total. The number of carboxylic acids is 4. The third-order valence-electron chi connectivity index (χ3n) is 9.00. The van der Waals surface area contributed by atoms with Crippen LogP contribution in [0.25, 0.3) is 0 Å². The van der Waals surface area contributed by atoms with E-state index in [1.165, 1.54) is 6.92 Å². The fourth-order valence-electron chi connectivity index (χ4n) is 5.99. The Morgan fingerprint density at radius 3 is 1.60 bits per heavy atom. The van der Waals surface area contributed by atoms with E-state index >= 15 is 0 Å². The molecule has 300 valence electrons. The van der Waals surface area contributed by atoms with Gasteiger partial charge >= 0.3 is 35.8 Å². The highest BCUT2D eigenvalue weighted by Crippen LogP contribution is 2.29. The largest absolute Gasteiger partial charge is 0.481 e. The highest BCUT2D eigenvalue weighted by Gasteiger charge is 2.37. The van der Waals surface area contributed by atoms with Crippen molar-refractivity contribution in [3.63, 3.8) is 0 Å². The van der Waals surface area contributed by atoms with Gasteiger partial charge in [0.1, 0.15) is 12.2 Å². The second kappa shape index (κ2) is 26.0. The number of unbranched alkanes of at least 4 members (excludes halogenated alkanes) is 4. The Balaban J connectivity index is 5.75. The highest BCUT2D eigenvalue weighted by molar-refractivity contribution is 5.84. The molecule has 0 saturated carbocycles. The zero-order valence-electron chi connectivity index (χ0n) is 31.2. The van der Waals surface area contributed by atoms with E-state index in [9.17, 15) is 54.0 Å². The van der Waals surface area contributed by atoms with Crippen LogP contribution in [0, 0.1) is 23.7 Å². The van der Waals surface area contributed by atoms with Crippen molar-refractivity contribution in [1.29, 1.82) is 0 Å².